The van der Waals surface area contributed by atoms with Gasteiger partial charge < -0.3 is 15.4 Å². The maximum absolute atomic E-state index is 11.9. The van der Waals surface area contributed by atoms with E-state index in [9.17, 15) is 4.79 Å². The van der Waals surface area contributed by atoms with Gasteiger partial charge in [0, 0.05) is 26.7 Å². The fourth-order valence-corrected chi connectivity index (χ4v) is 2.73. The van der Waals surface area contributed by atoms with Gasteiger partial charge in [-0.25, -0.2) is 0 Å². The summed E-state index contributed by atoms with van der Waals surface area (Å²) in [6, 6.07) is 0. The highest BCUT2D eigenvalue weighted by molar-refractivity contribution is 5.76. The Hall–Kier alpha value is -0.610. The van der Waals surface area contributed by atoms with Crippen LogP contribution in [0.2, 0.25) is 0 Å². The van der Waals surface area contributed by atoms with E-state index in [2.05, 4.69) is 10.6 Å². The summed E-state index contributed by atoms with van der Waals surface area (Å²) in [6.07, 6.45) is 6.64. The normalized spacial score (nSPS) is 25.7. The fraction of sp³-hybridized carbons (Fsp3) is 0.929. The van der Waals surface area contributed by atoms with Gasteiger partial charge in [-0.05, 0) is 56.5 Å². The van der Waals surface area contributed by atoms with Crippen LogP contribution in [0.25, 0.3) is 0 Å². The molecule has 1 saturated carbocycles. The van der Waals surface area contributed by atoms with Gasteiger partial charge >= 0.3 is 0 Å². The smallest absolute Gasteiger partial charge is 0.220 e. The van der Waals surface area contributed by atoms with Crippen molar-refractivity contribution < 1.29 is 9.53 Å². The van der Waals surface area contributed by atoms with E-state index in [0.717, 1.165) is 32.7 Å². The van der Waals surface area contributed by atoms with Crippen molar-refractivity contribution in [3.05, 3.63) is 0 Å². The number of hydrogen-bond acceptors (Lipinski definition) is 3. The Morgan fingerprint density at radius 3 is 2.94 bits per heavy atom. The summed E-state index contributed by atoms with van der Waals surface area (Å²) in [7, 11) is 1.74. The van der Waals surface area contributed by atoms with E-state index in [1.54, 1.807) is 7.11 Å². The average molecular weight is 254 g/mol. The molecule has 1 unspecified atom stereocenters. The first-order valence-electron chi connectivity index (χ1n) is 7.20. The molecular weight excluding hydrogens is 228 g/mol. The molecule has 1 heterocycles. The van der Waals surface area contributed by atoms with E-state index in [4.69, 9.17) is 4.74 Å². The molecule has 0 spiro atoms. The number of piperidine rings is 1. The predicted molar refractivity (Wildman–Crippen MR) is 71.4 cm³/mol. The van der Waals surface area contributed by atoms with Gasteiger partial charge in [-0.15, -0.1) is 0 Å². The number of ether oxygens (including phenoxy) is 1. The van der Waals surface area contributed by atoms with Gasteiger partial charge in [-0.2, -0.15) is 0 Å². The molecule has 104 valence electrons. The molecule has 1 saturated heterocycles. The van der Waals surface area contributed by atoms with E-state index in [1.807, 2.05) is 0 Å². The van der Waals surface area contributed by atoms with Crippen molar-refractivity contribution in [2.24, 2.45) is 11.3 Å². The van der Waals surface area contributed by atoms with Crippen molar-refractivity contribution in [2.75, 3.05) is 33.4 Å². The summed E-state index contributed by atoms with van der Waals surface area (Å²) < 4.78 is 5.13. The third kappa shape index (κ3) is 4.25. The first-order valence-corrected chi connectivity index (χ1v) is 7.20. The standard InChI is InChI=1S/C14H26N2O2/c1-18-8-6-14(4-5-14)11-16-13(17)9-12-3-2-7-15-10-12/h12,15H,2-11H2,1H3,(H,16,17). The molecule has 0 aromatic rings. The van der Waals surface area contributed by atoms with E-state index >= 15 is 0 Å². The van der Waals surface area contributed by atoms with Gasteiger partial charge in [-0.1, -0.05) is 0 Å². The molecule has 4 nitrogen and oxygen atoms in total. The molecule has 2 rings (SSSR count). The number of carbonyl (C=O) groups excluding carboxylic acids is 1. The SMILES string of the molecule is COCCC1(CNC(=O)CC2CCCNC2)CC1. The molecular formula is C14H26N2O2. The number of hydrogen-bond donors (Lipinski definition) is 2. The van der Waals surface area contributed by atoms with Crippen LogP contribution in [0.5, 0.6) is 0 Å². The van der Waals surface area contributed by atoms with Crippen molar-refractivity contribution in [3.63, 3.8) is 0 Å². The van der Waals surface area contributed by atoms with Gasteiger partial charge in [0.2, 0.25) is 5.91 Å². The highest BCUT2D eigenvalue weighted by atomic mass is 16.5. The summed E-state index contributed by atoms with van der Waals surface area (Å²) in [4.78, 5) is 11.9. The lowest BCUT2D eigenvalue weighted by atomic mass is 9.95. The summed E-state index contributed by atoms with van der Waals surface area (Å²) in [5, 5.41) is 6.48. The zero-order valence-electron chi connectivity index (χ0n) is 11.5. The molecule has 4 heteroatoms. The van der Waals surface area contributed by atoms with Crippen LogP contribution in [0.3, 0.4) is 0 Å². The van der Waals surface area contributed by atoms with Crippen molar-refractivity contribution in [1.29, 1.82) is 0 Å². The van der Waals surface area contributed by atoms with E-state index in [1.165, 1.54) is 25.7 Å². The summed E-state index contributed by atoms with van der Waals surface area (Å²) >= 11 is 0. The molecule has 0 aromatic heterocycles. The highest BCUT2D eigenvalue weighted by Gasteiger charge is 2.42. The van der Waals surface area contributed by atoms with E-state index in [0.29, 0.717) is 17.8 Å². The molecule has 2 fully saturated rings. The lowest BCUT2D eigenvalue weighted by Crippen LogP contribution is -2.36. The molecule has 1 amide bonds. The summed E-state index contributed by atoms with van der Waals surface area (Å²) in [5.74, 6) is 0.764. The highest BCUT2D eigenvalue weighted by Crippen LogP contribution is 2.48. The molecule has 2 aliphatic rings. The van der Waals surface area contributed by atoms with E-state index in [-0.39, 0.29) is 5.91 Å². The molecule has 1 aliphatic heterocycles. The maximum Gasteiger partial charge on any atom is 0.220 e. The zero-order valence-corrected chi connectivity index (χ0v) is 11.5. The van der Waals surface area contributed by atoms with Gasteiger partial charge in [0.15, 0.2) is 0 Å². The summed E-state index contributed by atoms with van der Waals surface area (Å²) in [5.41, 5.74) is 0.358. The molecule has 0 bridgehead atoms. The van der Waals surface area contributed by atoms with E-state index < -0.39 is 0 Å². The van der Waals surface area contributed by atoms with Crippen LogP contribution < -0.4 is 10.6 Å². The molecule has 1 atom stereocenters. The first kappa shape index (κ1) is 13.8. The Balaban J connectivity index is 1.62. The zero-order chi connectivity index (χ0) is 12.8. The Kier molecular flexibility index (Phi) is 5.01. The fourth-order valence-electron chi connectivity index (χ4n) is 2.73. The monoisotopic (exact) mass is 254 g/mol. The Bertz CT molecular complexity index is 271. The van der Waals surface area contributed by atoms with Crippen LogP contribution in [0.4, 0.5) is 0 Å². The third-order valence-electron chi connectivity index (χ3n) is 4.33. The number of methoxy groups -OCH3 is 1. The minimum atomic E-state index is 0.229. The lowest BCUT2D eigenvalue weighted by molar-refractivity contribution is -0.122. The maximum atomic E-state index is 11.9. The lowest BCUT2D eigenvalue weighted by Gasteiger charge is -2.23. The van der Waals surface area contributed by atoms with Crippen LogP contribution in [0.1, 0.15) is 38.5 Å². The van der Waals surface area contributed by atoms with Gasteiger partial charge in [0.25, 0.3) is 0 Å². The van der Waals surface area contributed by atoms with Crippen molar-refractivity contribution in [2.45, 2.75) is 38.5 Å². The van der Waals surface area contributed by atoms with Crippen LogP contribution in [0.15, 0.2) is 0 Å². The van der Waals surface area contributed by atoms with Gasteiger partial charge in [0.05, 0.1) is 0 Å². The van der Waals surface area contributed by atoms with Gasteiger partial charge in [-0.3, -0.25) is 4.79 Å². The Morgan fingerprint density at radius 2 is 2.33 bits per heavy atom. The molecule has 0 aromatic carbocycles. The molecule has 0 radical (unpaired) electrons. The van der Waals surface area contributed by atoms with Crippen molar-refractivity contribution in [1.82, 2.24) is 10.6 Å². The molecule has 18 heavy (non-hydrogen) atoms. The minimum Gasteiger partial charge on any atom is -0.385 e. The van der Waals surface area contributed by atoms with Crippen LogP contribution in [0, 0.1) is 11.3 Å². The number of carbonyl (C=O) groups is 1. The number of nitrogens with one attached hydrogen (secondary N) is 2. The minimum absolute atomic E-state index is 0.229. The Labute approximate surface area is 110 Å². The third-order valence-corrected chi connectivity index (χ3v) is 4.33. The predicted octanol–water partition coefficient (Wildman–Crippen LogP) is 1.31. The topological polar surface area (TPSA) is 50.4 Å². The first-order chi connectivity index (χ1) is 8.74. The average Bonchev–Trinajstić information content (AvgIpc) is 3.16. The second-order valence-electron chi connectivity index (χ2n) is 5.94. The Morgan fingerprint density at radius 1 is 1.50 bits per heavy atom. The quantitative estimate of drug-likeness (QED) is 0.720. The summed E-state index contributed by atoms with van der Waals surface area (Å²) in [6.45, 7) is 3.76. The second kappa shape index (κ2) is 6.53. The van der Waals surface area contributed by atoms with Crippen molar-refractivity contribution in [3.8, 4) is 0 Å². The molecule has 1 aliphatic carbocycles. The van der Waals surface area contributed by atoms with Crippen LogP contribution in [-0.2, 0) is 9.53 Å². The van der Waals surface area contributed by atoms with Gasteiger partial charge in [0.1, 0.15) is 0 Å². The van der Waals surface area contributed by atoms with Crippen LogP contribution in [-0.4, -0.2) is 39.3 Å². The molecule has 2 N–H and O–H groups in total. The van der Waals surface area contributed by atoms with Crippen LogP contribution >= 0.6 is 0 Å². The second-order valence-corrected chi connectivity index (χ2v) is 5.94. The number of rotatable bonds is 7. The largest absolute Gasteiger partial charge is 0.385 e. The number of amides is 1. The van der Waals surface area contributed by atoms with Crippen molar-refractivity contribution >= 4 is 5.91 Å².